The molecule has 5 nitrogen and oxygen atoms in total. The molecule has 3 N–H and O–H groups in total. The Bertz CT molecular complexity index is 426. The van der Waals surface area contributed by atoms with Gasteiger partial charge in [0.25, 0.3) is 0 Å². The SMILES string of the molecule is COCCNCc1cc(Br)ccc1N(C)CC(N)=O. The summed E-state index contributed by atoms with van der Waals surface area (Å²) < 4.78 is 6.00. The lowest BCUT2D eigenvalue weighted by molar-refractivity contribution is -0.116. The van der Waals surface area contributed by atoms with E-state index in [1.54, 1.807) is 7.11 Å². The molecule has 1 aromatic carbocycles. The molecule has 1 aromatic rings. The molecule has 0 spiro atoms. The zero-order valence-electron chi connectivity index (χ0n) is 11.3. The van der Waals surface area contributed by atoms with E-state index in [0.29, 0.717) is 13.2 Å². The number of nitrogens with two attached hydrogens (primary N) is 1. The van der Waals surface area contributed by atoms with Crippen LogP contribution in [-0.2, 0) is 16.1 Å². The van der Waals surface area contributed by atoms with Crippen molar-refractivity contribution in [2.45, 2.75) is 6.54 Å². The fourth-order valence-electron chi connectivity index (χ4n) is 1.78. The number of rotatable bonds is 8. The van der Waals surface area contributed by atoms with Crippen LogP contribution in [0.3, 0.4) is 0 Å². The summed E-state index contributed by atoms with van der Waals surface area (Å²) in [5, 5.41) is 3.29. The lowest BCUT2D eigenvalue weighted by Crippen LogP contribution is -2.31. The molecule has 106 valence electrons. The highest BCUT2D eigenvalue weighted by molar-refractivity contribution is 9.10. The molecule has 0 aliphatic carbocycles. The first kappa shape index (κ1) is 15.9. The monoisotopic (exact) mass is 329 g/mol. The molecule has 0 radical (unpaired) electrons. The number of carbonyl (C=O) groups excluding carboxylic acids is 1. The number of carbonyl (C=O) groups is 1. The van der Waals surface area contributed by atoms with E-state index in [-0.39, 0.29) is 12.5 Å². The molecular formula is C13H20BrN3O2. The van der Waals surface area contributed by atoms with Crippen molar-refractivity contribution in [1.82, 2.24) is 5.32 Å². The summed E-state index contributed by atoms with van der Waals surface area (Å²) in [6.07, 6.45) is 0. The molecule has 0 bridgehead atoms. The second-order valence-corrected chi connectivity index (χ2v) is 5.18. The van der Waals surface area contributed by atoms with Crippen LogP contribution in [0, 0.1) is 0 Å². The average Bonchev–Trinajstić information content (AvgIpc) is 2.34. The highest BCUT2D eigenvalue weighted by Crippen LogP contribution is 2.23. The molecule has 0 heterocycles. The Balaban J connectivity index is 2.76. The molecule has 0 aromatic heterocycles. The number of benzene rings is 1. The molecule has 0 saturated heterocycles. The Morgan fingerprint density at radius 3 is 2.89 bits per heavy atom. The van der Waals surface area contributed by atoms with Gasteiger partial charge in [0.15, 0.2) is 0 Å². The Kier molecular flexibility index (Phi) is 6.83. The third kappa shape index (κ3) is 5.59. The first-order valence-corrected chi connectivity index (χ1v) is 6.81. The van der Waals surface area contributed by atoms with Crippen molar-refractivity contribution in [3.8, 4) is 0 Å². The molecule has 0 aliphatic rings. The molecule has 0 saturated carbocycles. The summed E-state index contributed by atoms with van der Waals surface area (Å²) in [5.41, 5.74) is 7.33. The van der Waals surface area contributed by atoms with E-state index >= 15 is 0 Å². The first-order valence-electron chi connectivity index (χ1n) is 6.02. The lowest BCUT2D eigenvalue weighted by Gasteiger charge is -2.21. The maximum atomic E-state index is 11.0. The molecule has 0 fully saturated rings. The Labute approximate surface area is 122 Å². The highest BCUT2D eigenvalue weighted by atomic mass is 79.9. The fraction of sp³-hybridized carbons (Fsp3) is 0.462. The van der Waals surface area contributed by atoms with Gasteiger partial charge < -0.3 is 20.7 Å². The zero-order valence-corrected chi connectivity index (χ0v) is 12.9. The topological polar surface area (TPSA) is 67.6 Å². The van der Waals surface area contributed by atoms with Crippen LogP contribution < -0.4 is 16.0 Å². The number of hydrogen-bond donors (Lipinski definition) is 2. The summed E-state index contributed by atoms with van der Waals surface area (Å²) >= 11 is 3.46. The van der Waals surface area contributed by atoms with Crippen LogP contribution in [0.1, 0.15) is 5.56 Å². The zero-order chi connectivity index (χ0) is 14.3. The van der Waals surface area contributed by atoms with Crippen LogP contribution in [0.4, 0.5) is 5.69 Å². The summed E-state index contributed by atoms with van der Waals surface area (Å²) in [6, 6.07) is 5.96. The molecule has 6 heteroatoms. The maximum absolute atomic E-state index is 11.0. The van der Waals surface area contributed by atoms with Gasteiger partial charge in [-0.25, -0.2) is 0 Å². The summed E-state index contributed by atoms with van der Waals surface area (Å²) in [7, 11) is 3.53. The van der Waals surface area contributed by atoms with Gasteiger partial charge in [0, 0.05) is 37.4 Å². The van der Waals surface area contributed by atoms with Crippen molar-refractivity contribution in [1.29, 1.82) is 0 Å². The fourth-order valence-corrected chi connectivity index (χ4v) is 2.19. The van der Waals surface area contributed by atoms with Gasteiger partial charge >= 0.3 is 0 Å². The van der Waals surface area contributed by atoms with Crippen molar-refractivity contribution in [2.24, 2.45) is 5.73 Å². The van der Waals surface area contributed by atoms with E-state index in [1.165, 1.54) is 0 Å². The normalized spacial score (nSPS) is 10.5. The number of nitrogens with zero attached hydrogens (tertiary/aromatic N) is 1. The number of anilines is 1. The van der Waals surface area contributed by atoms with Gasteiger partial charge in [0.2, 0.25) is 5.91 Å². The minimum Gasteiger partial charge on any atom is -0.383 e. The average molecular weight is 330 g/mol. The summed E-state index contributed by atoms with van der Waals surface area (Å²) in [4.78, 5) is 12.8. The third-order valence-corrected chi connectivity index (χ3v) is 3.14. The Morgan fingerprint density at radius 1 is 1.53 bits per heavy atom. The van der Waals surface area contributed by atoms with Crippen LogP contribution in [0.5, 0.6) is 0 Å². The molecular weight excluding hydrogens is 310 g/mol. The molecule has 1 rings (SSSR count). The molecule has 0 atom stereocenters. The number of methoxy groups -OCH3 is 1. The van der Waals surface area contributed by atoms with Crippen molar-refractivity contribution < 1.29 is 9.53 Å². The minimum absolute atomic E-state index is 0.201. The van der Waals surface area contributed by atoms with E-state index < -0.39 is 0 Å². The van der Waals surface area contributed by atoms with Crippen molar-refractivity contribution in [2.75, 3.05) is 38.8 Å². The van der Waals surface area contributed by atoms with Crippen LogP contribution >= 0.6 is 15.9 Å². The highest BCUT2D eigenvalue weighted by Gasteiger charge is 2.09. The Morgan fingerprint density at radius 2 is 2.26 bits per heavy atom. The predicted octanol–water partition coefficient (Wildman–Crippen LogP) is 1.11. The quantitative estimate of drug-likeness (QED) is 0.701. The van der Waals surface area contributed by atoms with Gasteiger partial charge in [-0.15, -0.1) is 0 Å². The number of likely N-dealkylation sites (N-methyl/N-ethyl adjacent to an activating group) is 1. The number of amides is 1. The van der Waals surface area contributed by atoms with Gasteiger partial charge in [-0.3, -0.25) is 4.79 Å². The van der Waals surface area contributed by atoms with Gasteiger partial charge in [-0.2, -0.15) is 0 Å². The van der Waals surface area contributed by atoms with Crippen LogP contribution in [-0.4, -0.2) is 39.8 Å². The second-order valence-electron chi connectivity index (χ2n) is 4.26. The van der Waals surface area contributed by atoms with Gasteiger partial charge in [-0.1, -0.05) is 15.9 Å². The van der Waals surface area contributed by atoms with Crippen molar-refractivity contribution in [3.63, 3.8) is 0 Å². The molecule has 0 unspecified atom stereocenters. The lowest BCUT2D eigenvalue weighted by atomic mass is 10.1. The van der Waals surface area contributed by atoms with Gasteiger partial charge in [0.1, 0.15) is 0 Å². The number of hydrogen-bond acceptors (Lipinski definition) is 4. The molecule has 0 aliphatic heterocycles. The van der Waals surface area contributed by atoms with E-state index in [0.717, 1.165) is 22.3 Å². The smallest absolute Gasteiger partial charge is 0.236 e. The number of halogens is 1. The van der Waals surface area contributed by atoms with E-state index in [9.17, 15) is 4.79 Å². The Hall–Kier alpha value is -1.11. The first-order chi connectivity index (χ1) is 9.04. The number of nitrogens with one attached hydrogen (secondary N) is 1. The largest absolute Gasteiger partial charge is 0.383 e. The molecule has 19 heavy (non-hydrogen) atoms. The maximum Gasteiger partial charge on any atom is 0.236 e. The van der Waals surface area contributed by atoms with Crippen molar-refractivity contribution >= 4 is 27.5 Å². The van der Waals surface area contributed by atoms with Crippen molar-refractivity contribution in [3.05, 3.63) is 28.2 Å². The third-order valence-electron chi connectivity index (χ3n) is 2.64. The predicted molar refractivity (Wildman–Crippen MR) is 80.2 cm³/mol. The number of primary amides is 1. The van der Waals surface area contributed by atoms with E-state index in [2.05, 4.69) is 21.2 Å². The minimum atomic E-state index is -0.344. The van der Waals surface area contributed by atoms with Gasteiger partial charge in [-0.05, 0) is 23.8 Å². The summed E-state index contributed by atoms with van der Waals surface area (Å²) in [6.45, 7) is 2.36. The molecule has 1 amide bonds. The standard InChI is InChI=1S/C13H20BrN3O2/c1-17(9-13(15)18)12-4-3-11(14)7-10(12)8-16-5-6-19-2/h3-4,7,16H,5-6,8-9H2,1-2H3,(H2,15,18). The van der Waals surface area contributed by atoms with E-state index in [1.807, 2.05) is 30.1 Å². The van der Waals surface area contributed by atoms with Crippen LogP contribution in [0.2, 0.25) is 0 Å². The van der Waals surface area contributed by atoms with Gasteiger partial charge in [0.05, 0.1) is 13.2 Å². The number of ether oxygens (including phenoxy) is 1. The van der Waals surface area contributed by atoms with E-state index in [4.69, 9.17) is 10.5 Å². The van der Waals surface area contributed by atoms with Crippen LogP contribution in [0.15, 0.2) is 22.7 Å². The summed E-state index contributed by atoms with van der Waals surface area (Å²) in [5.74, 6) is -0.344. The second kappa shape index (κ2) is 8.14. The van der Waals surface area contributed by atoms with Crippen LogP contribution in [0.25, 0.3) is 0 Å².